The van der Waals surface area contributed by atoms with E-state index in [4.69, 9.17) is 5.73 Å². The first-order chi connectivity index (χ1) is 6.74. The zero-order valence-electron chi connectivity index (χ0n) is 8.55. The van der Waals surface area contributed by atoms with Crippen molar-refractivity contribution in [1.82, 2.24) is 10.3 Å². The molecule has 2 rings (SSSR count). The van der Waals surface area contributed by atoms with E-state index in [9.17, 15) is 0 Å². The predicted octanol–water partition coefficient (Wildman–Crippen LogP) is 1.28. The van der Waals surface area contributed by atoms with Crippen LogP contribution in [0.4, 0.5) is 0 Å². The molecule has 1 aliphatic rings. The van der Waals surface area contributed by atoms with Crippen LogP contribution in [0.2, 0.25) is 0 Å². The molecule has 3 nitrogen and oxygen atoms in total. The van der Waals surface area contributed by atoms with Crippen molar-refractivity contribution in [2.75, 3.05) is 13.1 Å². The second-order valence-electron chi connectivity index (χ2n) is 4.17. The van der Waals surface area contributed by atoms with Gasteiger partial charge in [-0.05, 0) is 31.7 Å². The van der Waals surface area contributed by atoms with Crippen molar-refractivity contribution in [2.24, 2.45) is 11.1 Å². The highest BCUT2D eigenvalue weighted by Gasteiger charge is 2.40. The maximum absolute atomic E-state index is 5.70. The molecule has 0 bridgehead atoms. The molecule has 4 heteroatoms. The summed E-state index contributed by atoms with van der Waals surface area (Å²) >= 11 is 1.71. The van der Waals surface area contributed by atoms with Gasteiger partial charge in [-0.2, -0.15) is 0 Å². The van der Waals surface area contributed by atoms with Gasteiger partial charge in [0, 0.05) is 18.5 Å². The first-order valence-corrected chi connectivity index (χ1v) is 5.94. The quantitative estimate of drug-likeness (QED) is 0.771. The smallest absolute Gasteiger partial charge is 0.0897 e. The summed E-state index contributed by atoms with van der Waals surface area (Å²) in [5.41, 5.74) is 7.27. The van der Waals surface area contributed by atoms with Gasteiger partial charge in [-0.3, -0.25) is 0 Å². The van der Waals surface area contributed by atoms with Gasteiger partial charge >= 0.3 is 0 Å². The van der Waals surface area contributed by atoms with Crippen LogP contribution in [0.1, 0.15) is 23.5 Å². The molecule has 0 unspecified atom stereocenters. The van der Waals surface area contributed by atoms with Gasteiger partial charge in [0.25, 0.3) is 0 Å². The lowest BCUT2D eigenvalue weighted by molar-refractivity contribution is 0.466. The van der Waals surface area contributed by atoms with Crippen molar-refractivity contribution in [1.29, 1.82) is 0 Å². The fraction of sp³-hybridized carbons (Fsp3) is 0.700. The van der Waals surface area contributed by atoms with E-state index in [1.165, 1.54) is 12.8 Å². The maximum atomic E-state index is 5.70. The van der Waals surface area contributed by atoms with E-state index in [-0.39, 0.29) is 0 Å². The highest BCUT2D eigenvalue weighted by Crippen LogP contribution is 2.43. The molecular formula is C10H17N3S. The number of aryl methyl sites for hydroxylation is 1. The third-order valence-corrected chi connectivity index (χ3v) is 3.69. The van der Waals surface area contributed by atoms with Gasteiger partial charge in [-0.15, -0.1) is 11.3 Å². The van der Waals surface area contributed by atoms with Crippen molar-refractivity contribution in [3.63, 3.8) is 0 Å². The molecule has 0 spiro atoms. The number of nitrogens with zero attached hydrogens (tertiary/aromatic N) is 1. The number of aromatic nitrogens is 1. The Labute approximate surface area is 88.7 Å². The standard InChI is InChI=1S/C10H17N3S/c1-8-13-9(5-14-8)4-12-7-10(6-11)2-3-10/h5,12H,2-4,6-7,11H2,1H3. The van der Waals surface area contributed by atoms with Gasteiger partial charge < -0.3 is 11.1 Å². The molecule has 1 aromatic rings. The van der Waals surface area contributed by atoms with Gasteiger partial charge in [0.2, 0.25) is 0 Å². The summed E-state index contributed by atoms with van der Waals surface area (Å²) in [7, 11) is 0. The van der Waals surface area contributed by atoms with E-state index in [0.717, 1.165) is 30.3 Å². The lowest BCUT2D eigenvalue weighted by Crippen LogP contribution is -2.29. The van der Waals surface area contributed by atoms with E-state index in [0.29, 0.717) is 5.41 Å². The molecule has 1 heterocycles. The van der Waals surface area contributed by atoms with Gasteiger partial charge in [0.05, 0.1) is 10.7 Å². The third kappa shape index (κ3) is 2.32. The Morgan fingerprint density at radius 2 is 2.43 bits per heavy atom. The van der Waals surface area contributed by atoms with Crippen LogP contribution in [0, 0.1) is 12.3 Å². The Hall–Kier alpha value is -0.450. The van der Waals surface area contributed by atoms with Crippen LogP contribution < -0.4 is 11.1 Å². The number of hydrogen-bond acceptors (Lipinski definition) is 4. The minimum Gasteiger partial charge on any atom is -0.330 e. The van der Waals surface area contributed by atoms with Gasteiger partial charge in [0.15, 0.2) is 0 Å². The Morgan fingerprint density at radius 1 is 1.64 bits per heavy atom. The van der Waals surface area contributed by atoms with E-state index in [2.05, 4.69) is 15.7 Å². The zero-order chi connectivity index (χ0) is 10.0. The Bertz CT molecular complexity index is 304. The highest BCUT2D eigenvalue weighted by molar-refractivity contribution is 7.09. The second-order valence-corrected chi connectivity index (χ2v) is 5.23. The molecule has 0 amide bonds. The molecule has 0 atom stereocenters. The lowest BCUT2D eigenvalue weighted by Gasteiger charge is -2.12. The molecule has 1 fully saturated rings. The van der Waals surface area contributed by atoms with E-state index in [1.807, 2.05) is 6.92 Å². The van der Waals surface area contributed by atoms with Crippen LogP contribution in [0.3, 0.4) is 0 Å². The summed E-state index contributed by atoms with van der Waals surface area (Å²) in [4.78, 5) is 4.40. The number of nitrogens with two attached hydrogens (primary N) is 1. The Kier molecular flexibility index (Phi) is 2.85. The molecule has 3 N–H and O–H groups in total. The van der Waals surface area contributed by atoms with Crippen LogP contribution in [-0.4, -0.2) is 18.1 Å². The molecule has 78 valence electrons. The summed E-state index contributed by atoms with van der Waals surface area (Å²) in [6, 6.07) is 0. The van der Waals surface area contributed by atoms with Crippen LogP contribution in [0.15, 0.2) is 5.38 Å². The molecule has 0 saturated heterocycles. The molecule has 1 aliphatic carbocycles. The Balaban J connectivity index is 1.73. The number of nitrogens with one attached hydrogen (secondary N) is 1. The topological polar surface area (TPSA) is 50.9 Å². The molecular weight excluding hydrogens is 194 g/mol. The fourth-order valence-electron chi connectivity index (χ4n) is 1.58. The highest BCUT2D eigenvalue weighted by atomic mass is 32.1. The van der Waals surface area contributed by atoms with Crippen molar-refractivity contribution >= 4 is 11.3 Å². The molecule has 14 heavy (non-hydrogen) atoms. The van der Waals surface area contributed by atoms with Gasteiger partial charge in [0.1, 0.15) is 0 Å². The molecule has 0 aliphatic heterocycles. The average Bonchev–Trinajstić information content (AvgIpc) is 2.84. The fourth-order valence-corrected chi connectivity index (χ4v) is 2.19. The number of thiazole rings is 1. The predicted molar refractivity (Wildman–Crippen MR) is 59.3 cm³/mol. The second kappa shape index (κ2) is 3.96. The van der Waals surface area contributed by atoms with Crippen LogP contribution in [-0.2, 0) is 6.54 Å². The van der Waals surface area contributed by atoms with Gasteiger partial charge in [-0.25, -0.2) is 4.98 Å². The first-order valence-electron chi connectivity index (χ1n) is 5.06. The Morgan fingerprint density at radius 3 is 2.93 bits per heavy atom. The maximum Gasteiger partial charge on any atom is 0.0897 e. The first kappa shape index (κ1) is 10.1. The van der Waals surface area contributed by atoms with Crippen molar-refractivity contribution in [2.45, 2.75) is 26.3 Å². The SMILES string of the molecule is Cc1nc(CNCC2(CN)CC2)cs1. The van der Waals surface area contributed by atoms with Crippen molar-refractivity contribution in [3.05, 3.63) is 16.1 Å². The average molecular weight is 211 g/mol. The van der Waals surface area contributed by atoms with Gasteiger partial charge in [-0.1, -0.05) is 0 Å². The van der Waals surface area contributed by atoms with Crippen molar-refractivity contribution < 1.29 is 0 Å². The van der Waals surface area contributed by atoms with E-state index >= 15 is 0 Å². The summed E-state index contributed by atoms with van der Waals surface area (Å²) in [5.74, 6) is 0. The number of hydrogen-bond donors (Lipinski definition) is 2. The largest absolute Gasteiger partial charge is 0.330 e. The molecule has 0 radical (unpaired) electrons. The monoisotopic (exact) mass is 211 g/mol. The van der Waals surface area contributed by atoms with Crippen molar-refractivity contribution in [3.8, 4) is 0 Å². The molecule has 1 aromatic heterocycles. The summed E-state index contributed by atoms with van der Waals surface area (Å²) in [6.45, 7) is 4.78. The normalized spacial score (nSPS) is 18.4. The zero-order valence-corrected chi connectivity index (χ0v) is 9.36. The summed E-state index contributed by atoms with van der Waals surface area (Å²) in [5, 5.41) is 6.69. The van der Waals surface area contributed by atoms with Crippen LogP contribution >= 0.6 is 11.3 Å². The summed E-state index contributed by atoms with van der Waals surface area (Å²) in [6.07, 6.45) is 2.57. The van der Waals surface area contributed by atoms with E-state index in [1.54, 1.807) is 11.3 Å². The van der Waals surface area contributed by atoms with E-state index < -0.39 is 0 Å². The summed E-state index contributed by atoms with van der Waals surface area (Å²) < 4.78 is 0. The lowest BCUT2D eigenvalue weighted by atomic mass is 10.1. The number of rotatable bonds is 5. The minimum atomic E-state index is 0.422. The third-order valence-electron chi connectivity index (χ3n) is 2.86. The van der Waals surface area contributed by atoms with Crippen LogP contribution in [0.5, 0.6) is 0 Å². The molecule has 1 saturated carbocycles. The van der Waals surface area contributed by atoms with Crippen LogP contribution in [0.25, 0.3) is 0 Å². The minimum absolute atomic E-state index is 0.422. The molecule has 0 aromatic carbocycles.